The number of para-hydroxylation sites is 1. The van der Waals surface area contributed by atoms with Crippen molar-refractivity contribution < 1.29 is 4.74 Å². The second-order valence-electron chi connectivity index (χ2n) is 4.91. The molecule has 1 aliphatic rings. The van der Waals surface area contributed by atoms with Gasteiger partial charge in [-0.15, -0.1) is 0 Å². The minimum Gasteiger partial charge on any atom is -0.496 e. The molecule has 1 heterocycles. The van der Waals surface area contributed by atoms with Crippen LogP contribution in [0.25, 0.3) is 0 Å². The molecule has 0 spiro atoms. The average molecular weight is 248 g/mol. The maximum Gasteiger partial charge on any atom is 0.122 e. The first kappa shape index (κ1) is 13.4. The van der Waals surface area contributed by atoms with Gasteiger partial charge in [0.2, 0.25) is 0 Å². The number of piperidine rings is 1. The van der Waals surface area contributed by atoms with Crippen molar-refractivity contribution in [3.05, 3.63) is 29.8 Å². The van der Waals surface area contributed by atoms with Gasteiger partial charge in [0.05, 0.1) is 7.11 Å². The van der Waals surface area contributed by atoms with Crippen molar-refractivity contribution in [2.24, 2.45) is 0 Å². The number of benzene rings is 1. The Morgan fingerprint density at radius 2 is 2.22 bits per heavy atom. The highest BCUT2D eigenvalue weighted by molar-refractivity contribution is 5.33. The number of ether oxygens (including phenoxy) is 1. The van der Waals surface area contributed by atoms with Gasteiger partial charge in [-0.3, -0.25) is 0 Å². The normalized spacial score (nSPS) is 19.7. The molecule has 0 amide bonds. The molecule has 0 saturated carbocycles. The van der Waals surface area contributed by atoms with Crippen LogP contribution in [0.15, 0.2) is 24.3 Å². The molecule has 2 N–H and O–H groups in total. The number of hydrogen-bond donors (Lipinski definition) is 2. The summed E-state index contributed by atoms with van der Waals surface area (Å²) in [5, 5.41) is 7.09. The van der Waals surface area contributed by atoms with Crippen LogP contribution in [0.2, 0.25) is 0 Å². The molecule has 0 aromatic heterocycles. The van der Waals surface area contributed by atoms with E-state index in [1.165, 1.54) is 31.4 Å². The quantitative estimate of drug-likeness (QED) is 0.755. The SMILES string of the molecule is COc1ccccc1CCNCC1CCCCN1. The second-order valence-corrected chi connectivity index (χ2v) is 4.91. The van der Waals surface area contributed by atoms with Crippen LogP contribution in [-0.2, 0) is 6.42 Å². The minimum atomic E-state index is 0.663. The molecule has 3 heteroatoms. The zero-order chi connectivity index (χ0) is 12.6. The Balaban J connectivity index is 1.68. The van der Waals surface area contributed by atoms with Crippen molar-refractivity contribution in [1.82, 2.24) is 10.6 Å². The van der Waals surface area contributed by atoms with Gasteiger partial charge in [-0.25, -0.2) is 0 Å². The molecule has 1 fully saturated rings. The lowest BCUT2D eigenvalue weighted by Crippen LogP contribution is -2.42. The van der Waals surface area contributed by atoms with Crippen LogP contribution >= 0.6 is 0 Å². The first-order valence-corrected chi connectivity index (χ1v) is 6.96. The fourth-order valence-corrected chi connectivity index (χ4v) is 2.51. The van der Waals surface area contributed by atoms with Gasteiger partial charge < -0.3 is 15.4 Å². The fraction of sp³-hybridized carbons (Fsp3) is 0.600. The Bertz CT molecular complexity index is 348. The monoisotopic (exact) mass is 248 g/mol. The van der Waals surface area contributed by atoms with Crippen molar-refractivity contribution in [1.29, 1.82) is 0 Å². The van der Waals surface area contributed by atoms with Crippen LogP contribution < -0.4 is 15.4 Å². The molecule has 1 aromatic carbocycles. The van der Waals surface area contributed by atoms with Crippen molar-refractivity contribution >= 4 is 0 Å². The van der Waals surface area contributed by atoms with E-state index in [4.69, 9.17) is 4.74 Å². The van der Waals surface area contributed by atoms with Crippen LogP contribution in [0.5, 0.6) is 5.75 Å². The third-order valence-corrected chi connectivity index (χ3v) is 3.57. The van der Waals surface area contributed by atoms with Crippen LogP contribution in [0.4, 0.5) is 0 Å². The topological polar surface area (TPSA) is 33.3 Å². The number of methoxy groups -OCH3 is 1. The van der Waals surface area contributed by atoms with E-state index >= 15 is 0 Å². The molecule has 1 atom stereocenters. The van der Waals surface area contributed by atoms with E-state index in [2.05, 4.69) is 22.8 Å². The molecule has 1 saturated heterocycles. The lowest BCUT2D eigenvalue weighted by molar-refractivity contribution is 0.383. The number of hydrogen-bond acceptors (Lipinski definition) is 3. The highest BCUT2D eigenvalue weighted by Crippen LogP contribution is 2.17. The van der Waals surface area contributed by atoms with Gasteiger partial charge in [0.25, 0.3) is 0 Å². The number of rotatable bonds is 6. The molecular weight excluding hydrogens is 224 g/mol. The first-order valence-electron chi connectivity index (χ1n) is 6.96. The summed E-state index contributed by atoms with van der Waals surface area (Å²) in [6, 6.07) is 8.91. The van der Waals surface area contributed by atoms with E-state index in [1.54, 1.807) is 7.11 Å². The third-order valence-electron chi connectivity index (χ3n) is 3.57. The molecular formula is C15H24N2O. The molecule has 18 heavy (non-hydrogen) atoms. The Hall–Kier alpha value is -1.06. The summed E-state index contributed by atoms with van der Waals surface area (Å²) >= 11 is 0. The van der Waals surface area contributed by atoms with Crippen LogP contribution in [-0.4, -0.2) is 32.8 Å². The zero-order valence-corrected chi connectivity index (χ0v) is 11.2. The molecule has 0 bridgehead atoms. The van der Waals surface area contributed by atoms with Crippen LogP contribution in [0, 0.1) is 0 Å². The summed E-state index contributed by atoms with van der Waals surface area (Å²) in [4.78, 5) is 0. The van der Waals surface area contributed by atoms with Gasteiger partial charge in [-0.2, -0.15) is 0 Å². The maximum absolute atomic E-state index is 5.35. The summed E-state index contributed by atoms with van der Waals surface area (Å²) in [5.74, 6) is 0.995. The lowest BCUT2D eigenvalue weighted by atomic mass is 10.1. The van der Waals surface area contributed by atoms with Gasteiger partial charge >= 0.3 is 0 Å². The molecule has 1 unspecified atom stereocenters. The predicted molar refractivity (Wildman–Crippen MR) is 75.2 cm³/mol. The molecule has 0 radical (unpaired) electrons. The van der Waals surface area contributed by atoms with Crippen LogP contribution in [0.1, 0.15) is 24.8 Å². The van der Waals surface area contributed by atoms with Crippen LogP contribution in [0.3, 0.4) is 0 Å². The Labute approximate surface area is 110 Å². The standard InChI is InChI=1S/C15H24N2O/c1-18-15-8-3-2-6-13(15)9-11-16-12-14-7-4-5-10-17-14/h2-3,6,8,14,16-17H,4-5,7,9-12H2,1H3. The molecule has 1 aromatic rings. The van der Waals surface area contributed by atoms with E-state index in [0.29, 0.717) is 6.04 Å². The molecule has 1 aliphatic heterocycles. The van der Waals surface area contributed by atoms with E-state index in [-0.39, 0.29) is 0 Å². The van der Waals surface area contributed by atoms with Crippen molar-refractivity contribution in [2.75, 3.05) is 26.7 Å². The zero-order valence-electron chi connectivity index (χ0n) is 11.2. The minimum absolute atomic E-state index is 0.663. The molecule has 2 rings (SSSR count). The largest absolute Gasteiger partial charge is 0.496 e. The summed E-state index contributed by atoms with van der Waals surface area (Å²) in [7, 11) is 1.73. The molecule has 3 nitrogen and oxygen atoms in total. The molecule has 100 valence electrons. The summed E-state index contributed by atoms with van der Waals surface area (Å²) in [6.07, 6.45) is 5.03. The Kier molecular flexibility index (Phi) is 5.49. The maximum atomic E-state index is 5.35. The van der Waals surface area contributed by atoms with Gasteiger partial charge in [-0.05, 0) is 44.0 Å². The van der Waals surface area contributed by atoms with Gasteiger partial charge in [0, 0.05) is 12.6 Å². The Morgan fingerprint density at radius 1 is 1.33 bits per heavy atom. The lowest BCUT2D eigenvalue weighted by Gasteiger charge is -2.23. The molecule has 0 aliphatic carbocycles. The predicted octanol–water partition coefficient (Wildman–Crippen LogP) is 1.97. The smallest absolute Gasteiger partial charge is 0.122 e. The first-order chi connectivity index (χ1) is 8.90. The van der Waals surface area contributed by atoms with E-state index < -0.39 is 0 Å². The van der Waals surface area contributed by atoms with Gasteiger partial charge in [0.15, 0.2) is 0 Å². The third kappa shape index (κ3) is 4.00. The summed E-state index contributed by atoms with van der Waals surface area (Å²) < 4.78 is 5.35. The van der Waals surface area contributed by atoms with E-state index in [9.17, 15) is 0 Å². The van der Waals surface area contributed by atoms with Gasteiger partial charge in [0.1, 0.15) is 5.75 Å². The fourth-order valence-electron chi connectivity index (χ4n) is 2.51. The van der Waals surface area contributed by atoms with Crippen molar-refractivity contribution in [3.8, 4) is 5.75 Å². The van der Waals surface area contributed by atoms with Crippen molar-refractivity contribution in [2.45, 2.75) is 31.7 Å². The summed E-state index contributed by atoms with van der Waals surface area (Å²) in [6.45, 7) is 3.27. The van der Waals surface area contributed by atoms with Crippen molar-refractivity contribution in [3.63, 3.8) is 0 Å². The number of nitrogens with one attached hydrogen (secondary N) is 2. The summed E-state index contributed by atoms with van der Waals surface area (Å²) in [5.41, 5.74) is 1.28. The second kappa shape index (κ2) is 7.39. The van der Waals surface area contributed by atoms with E-state index in [1.807, 2.05) is 12.1 Å². The average Bonchev–Trinajstić information content (AvgIpc) is 2.45. The highest BCUT2D eigenvalue weighted by Gasteiger charge is 2.11. The Morgan fingerprint density at radius 3 is 3.00 bits per heavy atom. The van der Waals surface area contributed by atoms with E-state index in [0.717, 1.165) is 25.3 Å². The van der Waals surface area contributed by atoms with Gasteiger partial charge in [-0.1, -0.05) is 24.6 Å². The highest BCUT2D eigenvalue weighted by atomic mass is 16.5.